The van der Waals surface area contributed by atoms with E-state index < -0.39 is 11.7 Å². The number of halogens is 3. The number of hydrogen-bond donors (Lipinski definition) is 1. The van der Waals surface area contributed by atoms with E-state index in [1.807, 2.05) is 13.8 Å². The van der Waals surface area contributed by atoms with Gasteiger partial charge in [0.05, 0.1) is 12.2 Å². The molecule has 1 rings (SSSR count). The Balaban J connectivity index is 3.02. The van der Waals surface area contributed by atoms with Gasteiger partial charge in [-0.1, -0.05) is 13.8 Å². The molecule has 0 heterocycles. The van der Waals surface area contributed by atoms with Crippen LogP contribution in [0.4, 0.5) is 18.9 Å². The van der Waals surface area contributed by atoms with Crippen molar-refractivity contribution >= 4 is 5.69 Å². The Morgan fingerprint density at radius 2 is 1.84 bits per heavy atom. The van der Waals surface area contributed by atoms with Gasteiger partial charge in [-0.3, -0.25) is 0 Å². The summed E-state index contributed by atoms with van der Waals surface area (Å²) in [5, 5.41) is 3.23. The maximum Gasteiger partial charge on any atom is 0.416 e. The minimum atomic E-state index is -4.35. The molecule has 19 heavy (non-hydrogen) atoms. The zero-order valence-corrected chi connectivity index (χ0v) is 11.5. The number of rotatable bonds is 6. The summed E-state index contributed by atoms with van der Waals surface area (Å²) < 4.78 is 43.3. The van der Waals surface area contributed by atoms with E-state index in [2.05, 4.69) is 5.32 Å². The lowest BCUT2D eigenvalue weighted by molar-refractivity contribution is -0.138. The molecule has 0 saturated carbocycles. The van der Waals surface area contributed by atoms with Gasteiger partial charge in [0.15, 0.2) is 0 Å². The van der Waals surface area contributed by atoms with Crippen molar-refractivity contribution in [1.29, 1.82) is 0 Å². The summed E-state index contributed by atoms with van der Waals surface area (Å²) in [5.41, 5.74) is 0.226. The molecule has 1 aromatic rings. The minimum absolute atomic E-state index is 0.0483. The summed E-state index contributed by atoms with van der Waals surface area (Å²) in [4.78, 5) is 0. The maximum absolute atomic E-state index is 12.8. The van der Waals surface area contributed by atoms with Crippen LogP contribution in [0.1, 0.15) is 37.8 Å². The summed E-state index contributed by atoms with van der Waals surface area (Å²) in [7, 11) is 1.39. The first-order valence-corrected chi connectivity index (χ1v) is 6.37. The van der Waals surface area contributed by atoms with Gasteiger partial charge in [0, 0.05) is 18.8 Å². The largest absolute Gasteiger partial charge is 0.416 e. The Bertz CT molecular complexity index is 400. The summed E-state index contributed by atoms with van der Waals surface area (Å²) in [6.07, 6.45) is -2.49. The van der Waals surface area contributed by atoms with Crippen molar-refractivity contribution in [2.45, 2.75) is 45.5 Å². The van der Waals surface area contributed by atoms with Crippen LogP contribution in [0.5, 0.6) is 0 Å². The number of alkyl halides is 3. The number of anilines is 1. The Hall–Kier alpha value is -1.23. The molecule has 0 spiro atoms. The zero-order valence-electron chi connectivity index (χ0n) is 11.5. The fraction of sp³-hybridized carbons (Fsp3) is 0.571. The third-order valence-corrected chi connectivity index (χ3v) is 3.07. The number of benzene rings is 1. The van der Waals surface area contributed by atoms with Crippen LogP contribution in [0.2, 0.25) is 0 Å². The molecule has 0 amide bonds. The van der Waals surface area contributed by atoms with E-state index in [4.69, 9.17) is 4.74 Å². The lowest BCUT2D eigenvalue weighted by Gasteiger charge is -2.19. The molecular weight excluding hydrogens is 255 g/mol. The molecule has 1 N–H and O–H groups in total. The Morgan fingerprint density at radius 3 is 2.32 bits per heavy atom. The van der Waals surface area contributed by atoms with E-state index in [1.165, 1.54) is 19.2 Å². The number of hydrogen-bond acceptors (Lipinski definition) is 2. The van der Waals surface area contributed by atoms with Crippen molar-refractivity contribution in [2.24, 2.45) is 0 Å². The Kier molecular flexibility index (Phi) is 5.66. The molecule has 0 atom stereocenters. The first-order valence-electron chi connectivity index (χ1n) is 6.37. The molecular formula is C14H20F3NO. The van der Waals surface area contributed by atoms with Gasteiger partial charge in [-0.15, -0.1) is 0 Å². The highest BCUT2D eigenvalue weighted by atomic mass is 19.4. The van der Waals surface area contributed by atoms with Gasteiger partial charge in [0.2, 0.25) is 0 Å². The summed E-state index contributed by atoms with van der Waals surface area (Å²) in [5.74, 6) is 0. The monoisotopic (exact) mass is 275 g/mol. The predicted octanol–water partition coefficient (Wildman–Crippen LogP) is 4.45. The molecule has 0 unspecified atom stereocenters. The van der Waals surface area contributed by atoms with Crippen LogP contribution in [-0.2, 0) is 17.5 Å². The SMILES string of the molecule is CCC(CC)Nc1ccc(C(F)(F)F)c(COC)c1. The van der Waals surface area contributed by atoms with Crippen molar-refractivity contribution in [3.8, 4) is 0 Å². The van der Waals surface area contributed by atoms with Crippen LogP contribution in [0, 0.1) is 0 Å². The number of nitrogens with one attached hydrogen (secondary N) is 1. The van der Waals surface area contributed by atoms with Gasteiger partial charge in [0.25, 0.3) is 0 Å². The molecule has 0 bridgehead atoms. The van der Waals surface area contributed by atoms with E-state index in [9.17, 15) is 13.2 Å². The van der Waals surface area contributed by atoms with Gasteiger partial charge in [-0.25, -0.2) is 0 Å². The zero-order chi connectivity index (χ0) is 14.5. The molecule has 2 nitrogen and oxygen atoms in total. The molecule has 0 aliphatic carbocycles. The second kappa shape index (κ2) is 6.80. The quantitative estimate of drug-likeness (QED) is 0.828. The lowest BCUT2D eigenvalue weighted by Crippen LogP contribution is -2.18. The van der Waals surface area contributed by atoms with Crippen LogP contribution in [0.3, 0.4) is 0 Å². The van der Waals surface area contributed by atoms with Crippen LogP contribution in [0.15, 0.2) is 18.2 Å². The second-order valence-electron chi connectivity index (χ2n) is 4.46. The minimum Gasteiger partial charge on any atom is -0.382 e. The van der Waals surface area contributed by atoms with Crippen LogP contribution >= 0.6 is 0 Å². The van der Waals surface area contributed by atoms with Crippen LogP contribution in [0.25, 0.3) is 0 Å². The third-order valence-electron chi connectivity index (χ3n) is 3.07. The van der Waals surface area contributed by atoms with Crippen molar-refractivity contribution in [2.75, 3.05) is 12.4 Å². The average Bonchev–Trinajstić information content (AvgIpc) is 2.35. The Labute approximate surface area is 112 Å². The van der Waals surface area contributed by atoms with Crippen LogP contribution in [-0.4, -0.2) is 13.2 Å². The van der Waals surface area contributed by atoms with Gasteiger partial charge < -0.3 is 10.1 Å². The van der Waals surface area contributed by atoms with Crippen molar-refractivity contribution in [1.82, 2.24) is 0 Å². The average molecular weight is 275 g/mol. The van der Waals surface area contributed by atoms with Gasteiger partial charge in [0.1, 0.15) is 0 Å². The third kappa shape index (κ3) is 4.42. The number of ether oxygens (including phenoxy) is 1. The van der Waals surface area contributed by atoms with Crippen molar-refractivity contribution < 1.29 is 17.9 Å². The van der Waals surface area contributed by atoms with Gasteiger partial charge in [-0.05, 0) is 36.6 Å². The molecule has 108 valence electrons. The van der Waals surface area contributed by atoms with Crippen molar-refractivity contribution in [3.05, 3.63) is 29.3 Å². The number of methoxy groups -OCH3 is 1. The van der Waals surface area contributed by atoms with Crippen LogP contribution < -0.4 is 5.32 Å². The topological polar surface area (TPSA) is 21.3 Å². The van der Waals surface area contributed by atoms with Crippen molar-refractivity contribution in [3.63, 3.8) is 0 Å². The first-order chi connectivity index (χ1) is 8.92. The van der Waals surface area contributed by atoms with E-state index in [1.54, 1.807) is 0 Å². The van der Waals surface area contributed by atoms with Gasteiger partial charge in [-0.2, -0.15) is 13.2 Å². The lowest BCUT2D eigenvalue weighted by atomic mass is 10.1. The summed E-state index contributed by atoms with van der Waals surface area (Å²) >= 11 is 0. The van der Waals surface area contributed by atoms with E-state index in [0.717, 1.165) is 18.9 Å². The molecule has 0 aromatic heterocycles. The highest BCUT2D eigenvalue weighted by Crippen LogP contribution is 2.33. The highest BCUT2D eigenvalue weighted by Gasteiger charge is 2.33. The molecule has 1 aromatic carbocycles. The molecule has 0 aliphatic heterocycles. The van der Waals surface area contributed by atoms with E-state index in [0.29, 0.717) is 5.69 Å². The smallest absolute Gasteiger partial charge is 0.382 e. The van der Waals surface area contributed by atoms with E-state index in [-0.39, 0.29) is 18.2 Å². The summed E-state index contributed by atoms with van der Waals surface area (Å²) in [6, 6.07) is 4.37. The maximum atomic E-state index is 12.8. The summed E-state index contributed by atoms with van der Waals surface area (Å²) in [6.45, 7) is 4.04. The normalized spacial score (nSPS) is 11.9. The second-order valence-corrected chi connectivity index (χ2v) is 4.46. The fourth-order valence-electron chi connectivity index (χ4n) is 1.96. The molecule has 0 aliphatic rings. The fourth-order valence-corrected chi connectivity index (χ4v) is 1.96. The predicted molar refractivity (Wildman–Crippen MR) is 70.1 cm³/mol. The molecule has 5 heteroatoms. The molecule has 0 radical (unpaired) electrons. The van der Waals surface area contributed by atoms with E-state index >= 15 is 0 Å². The standard InChI is InChI=1S/C14H20F3NO/c1-4-11(5-2)18-12-6-7-13(14(15,16)17)10(8-12)9-19-3/h6-8,11,18H,4-5,9H2,1-3H3. The Morgan fingerprint density at radius 1 is 1.21 bits per heavy atom. The molecule has 0 saturated heterocycles. The molecule has 0 fully saturated rings. The highest BCUT2D eigenvalue weighted by molar-refractivity contribution is 5.50. The van der Waals surface area contributed by atoms with Gasteiger partial charge >= 0.3 is 6.18 Å². The first kappa shape index (κ1) is 15.8.